The first-order chi connectivity index (χ1) is 10.0. The Labute approximate surface area is 129 Å². The molecule has 21 heavy (non-hydrogen) atoms. The first kappa shape index (κ1) is 15.7. The van der Waals surface area contributed by atoms with Crippen LogP contribution in [0.1, 0.15) is 13.8 Å². The maximum absolute atomic E-state index is 11.8. The second-order valence-corrected chi connectivity index (χ2v) is 6.25. The number of imide groups is 1. The molecule has 1 aromatic carbocycles. The van der Waals surface area contributed by atoms with Gasteiger partial charge in [0.2, 0.25) is 0 Å². The van der Waals surface area contributed by atoms with Crippen molar-refractivity contribution in [3.8, 4) is 5.75 Å². The number of para-hydroxylation sites is 1. The van der Waals surface area contributed by atoms with Crippen molar-refractivity contribution in [2.24, 2.45) is 5.92 Å². The van der Waals surface area contributed by atoms with E-state index >= 15 is 0 Å². The third-order valence-corrected chi connectivity index (χ3v) is 4.69. The van der Waals surface area contributed by atoms with Gasteiger partial charge in [-0.1, -0.05) is 19.1 Å². The van der Waals surface area contributed by atoms with Gasteiger partial charge in [-0.3, -0.25) is 9.69 Å². The van der Waals surface area contributed by atoms with Crippen molar-refractivity contribution in [2.75, 3.05) is 19.4 Å². The zero-order valence-corrected chi connectivity index (χ0v) is 13.3. The van der Waals surface area contributed by atoms with Crippen LogP contribution in [0.3, 0.4) is 0 Å². The van der Waals surface area contributed by atoms with E-state index in [0.29, 0.717) is 6.54 Å². The Hall–Kier alpha value is -1.69. The van der Waals surface area contributed by atoms with Crippen molar-refractivity contribution in [1.29, 1.82) is 0 Å². The fourth-order valence-corrected chi connectivity index (χ4v) is 3.20. The first-order valence-corrected chi connectivity index (χ1v) is 7.89. The molecule has 0 bridgehead atoms. The van der Waals surface area contributed by atoms with E-state index in [1.165, 1.54) is 4.90 Å². The van der Waals surface area contributed by atoms with Gasteiger partial charge in [0.1, 0.15) is 11.8 Å². The van der Waals surface area contributed by atoms with Crippen LogP contribution in [-0.4, -0.2) is 42.3 Å². The third-order valence-electron chi connectivity index (χ3n) is 3.31. The van der Waals surface area contributed by atoms with Crippen LogP contribution in [-0.2, 0) is 4.79 Å². The number of ether oxygens (including phenoxy) is 1. The Balaban J connectivity index is 1.89. The van der Waals surface area contributed by atoms with Gasteiger partial charge in [-0.2, -0.15) is 0 Å². The summed E-state index contributed by atoms with van der Waals surface area (Å²) in [6, 6.07) is 7.13. The van der Waals surface area contributed by atoms with Crippen molar-refractivity contribution >= 4 is 23.7 Å². The Morgan fingerprint density at radius 1 is 1.38 bits per heavy atom. The molecule has 1 saturated heterocycles. The molecule has 0 saturated carbocycles. The summed E-state index contributed by atoms with van der Waals surface area (Å²) in [6.45, 7) is 4.18. The van der Waals surface area contributed by atoms with Crippen LogP contribution in [0.5, 0.6) is 5.75 Å². The lowest BCUT2D eigenvalue weighted by Gasteiger charge is -2.18. The quantitative estimate of drug-likeness (QED) is 0.647. The molecule has 0 spiro atoms. The lowest BCUT2D eigenvalue weighted by atomic mass is 10.2. The molecule has 1 aliphatic heterocycles. The summed E-state index contributed by atoms with van der Waals surface area (Å²) >= 11 is 1.67. The number of thioether (sulfide) groups is 1. The summed E-state index contributed by atoms with van der Waals surface area (Å²) in [5.74, 6) is 1.72. The number of hydrogen-bond acceptors (Lipinski definition) is 4. The molecule has 1 aliphatic rings. The number of urea groups is 1. The molecule has 1 aromatic rings. The number of methoxy groups -OCH3 is 1. The summed E-state index contributed by atoms with van der Waals surface area (Å²) < 4.78 is 5.31. The van der Waals surface area contributed by atoms with Crippen LogP contribution in [0, 0.1) is 5.92 Å². The zero-order chi connectivity index (χ0) is 15.4. The van der Waals surface area contributed by atoms with Crippen LogP contribution in [0.2, 0.25) is 0 Å². The average molecular weight is 308 g/mol. The number of hydrogen-bond donors (Lipinski definition) is 1. The van der Waals surface area contributed by atoms with E-state index in [4.69, 9.17) is 4.74 Å². The SMILES string of the molecule is COc1ccccc1SC[C@@H](C)CN1C(=O)N[C@H](C)C1=O. The van der Waals surface area contributed by atoms with Gasteiger partial charge in [0.05, 0.1) is 7.11 Å². The summed E-state index contributed by atoms with van der Waals surface area (Å²) in [4.78, 5) is 25.9. The van der Waals surface area contributed by atoms with Crippen LogP contribution in [0.25, 0.3) is 0 Å². The predicted octanol–water partition coefficient (Wildman–Crippen LogP) is 2.36. The van der Waals surface area contributed by atoms with Crippen LogP contribution in [0.15, 0.2) is 29.2 Å². The molecule has 6 heteroatoms. The number of rotatable bonds is 6. The smallest absolute Gasteiger partial charge is 0.324 e. The van der Waals surface area contributed by atoms with Gasteiger partial charge in [0.15, 0.2) is 0 Å². The average Bonchev–Trinajstić information content (AvgIpc) is 2.72. The number of nitrogens with one attached hydrogen (secondary N) is 1. The van der Waals surface area contributed by atoms with Crippen LogP contribution < -0.4 is 10.1 Å². The van der Waals surface area contributed by atoms with Gasteiger partial charge in [-0.05, 0) is 25.0 Å². The normalized spacial score (nSPS) is 19.6. The summed E-state index contributed by atoms with van der Waals surface area (Å²) in [5, 5.41) is 2.62. The van der Waals surface area contributed by atoms with Gasteiger partial charge in [0.25, 0.3) is 5.91 Å². The van der Waals surface area contributed by atoms with Gasteiger partial charge in [-0.25, -0.2) is 4.79 Å². The van der Waals surface area contributed by atoms with Crippen molar-refractivity contribution in [3.63, 3.8) is 0 Å². The highest BCUT2D eigenvalue weighted by Crippen LogP contribution is 2.30. The van der Waals surface area contributed by atoms with Crippen molar-refractivity contribution in [1.82, 2.24) is 10.2 Å². The molecule has 0 unspecified atom stereocenters. The molecule has 114 valence electrons. The zero-order valence-electron chi connectivity index (χ0n) is 12.5. The van der Waals surface area contributed by atoms with Gasteiger partial charge >= 0.3 is 6.03 Å². The van der Waals surface area contributed by atoms with E-state index in [2.05, 4.69) is 5.32 Å². The second-order valence-electron chi connectivity index (χ2n) is 5.19. The Morgan fingerprint density at radius 2 is 2.10 bits per heavy atom. The molecule has 0 radical (unpaired) electrons. The molecular formula is C15H20N2O3S. The third kappa shape index (κ3) is 3.69. The van der Waals surface area contributed by atoms with Gasteiger partial charge in [0, 0.05) is 17.2 Å². The van der Waals surface area contributed by atoms with E-state index in [0.717, 1.165) is 16.4 Å². The Morgan fingerprint density at radius 3 is 2.71 bits per heavy atom. The molecule has 3 amide bonds. The number of nitrogens with zero attached hydrogens (tertiary/aromatic N) is 1. The van der Waals surface area contributed by atoms with Crippen LogP contribution >= 0.6 is 11.8 Å². The molecule has 5 nitrogen and oxygen atoms in total. The molecular weight excluding hydrogens is 288 g/mol. The maximum atomic E-state index is 11.8. The minimum atomic E-state index is -0.411. The van der Waals surface area contributed by atoms with Gasteiger partial charge < -0.3 is 10.1 Å². The monoisotopic (exact) mass is 308 g/mol. The fourth-order valence-electron chi connectivity index (χ4n) is 2.17. The largest absolute Gasteiger partial charge is 0.496 e. The Bertz CT molecular complexity index is 535. The minimum Gasteiger partial charge on any atom is -0.496 e. The minimum absolute atomic E-state index is 0.144. The van der Waals surface area contributed by atoms with E-state index in [-0.39, 0.29) is 17.9 Å². The maximum Gasteiger partial charge on any atom is 0.324 e. The van der Waals surface area contributed by atoms with E-state index in [1.54, 1.807) is 25.8 Å². The highest BCUT2D eigenvalue weighted by Gasteiger charge is 2.35. The molecule has 2 rings (SSSR count). The topological polar surface area (TPSA) is 58.6 Å². The molecule has 0 aliphatic carbocycles. The molecule has 2 atom stereocenters. The van der Waals surface area contributed by atoms with Crippen molar-refractivity contribution in [3.05, 3.63) is 24.3 Å². The number of carbonyl (C=O) groups excluding carboxylic acids is 2. The lowest BCUT2D eigenvalue weighted by molar-refractivity contribution is -0.127. The van der Waals surface area contributed by atoms with Crippen molar-refractivity contribution < 1.29 is 14.3 Å². The van der Waals surface area contributed by atoms with E-state index in [9.17, 15) is 9.59 Å². The predicted molar refractivity (Wildman–Crippen MR) is 82.6 cm³/mol. The van der Waals surface area contributed by atoms with Crippen molar-refractivity contribution in [2.45, 2.75) is 24.8 Å². The molecule has 0 aromatic heterocycles. The fraction of sp³-hybridized carbons (Fsp3) is 0.467. The van der Waals surface area contributed by atoms with E-state index in [1.807, 2.05) is 31.2 Å². The molecule has 1 fully saturated rings. The number of amides is 3. The first-order valence-electron chi connectivity index (χ1n) is 6.90. The molecule has 1 heterocycles. The number of carbonyl (C=O) groups is 2. The molecule has 1 N–H and O–H groups in total. The van der Waals surface area contributed by atoms with Gasteiger partial charge in [-0.15, -0.1) is 11.8 Å². The Kier molecular flexibility index (Phi) is 5.12. The van der Waals surface area contributed by atoms with E-state index < -0.39 is 6.04 Å². The second kappa shape index (κ2) is 6.85. The highest BCUT2D eigenvalue weighted by molar-refractivity contribution is 7.99. The van der Waals surface area contributed by atoms with Crippen LogP contribution in [0.4, 0.5) is 4.79 Å². The summed E-state index contributed by atoms with van der Waals surface area (Å²) in [6.07, 6.45) is 0. The number of benzene rings is 1. The summed E-state index contributed by atoms with van der Waals surface area (Å²) in [5.41, 5.74) is 0. The summed E-state index contributed by atoms with van der Waals surface area (Å²) in [7, 11) is 1.65. The lowest BCUT2D eigenvalue weighted by Crippen LogP contribution is -2.35. The highest BCUT2D eigenvalue weighted by atomic mass is 32.2. The standard InChI is InChI=1S/C15H20N2O3S/c1-10(8-17-14(18)11(2)16-15(17)19)9-21-13-7-5-4-6-12(13)20-3/h4-7,10-11H,8-9H2,1-3H3,(H,16,19)/t10-,11+/m0/s1.